The van der Waals surface area contributed by atoms with Gasteiger partial charge in [-0.3, -0.25) is 0 Å². The highest BCUT2D eigenvalue weighted by molar-refractivity contribution is 5.67. The lowest BCUT2D eigenvalue weighted by atomic mass is 9.96. The Morgan fingerprint density at radius 3 is 2.23 bits per heavy atom. The number of aliphatic hydroxyl groups excluding tert-OH is 1. The van der Waals surface area contributed by atoms with E-state index in [0.717, 1.165) is 42.4 Å². The molecule has 43 heavy (non-hydrogen) atoms. The van der Waals surface area contributed by atoms with Gasteiger partial charge in [0.2, 0.25) is 0 Å². The first-order chi connectivity index (χ1) is 21.1. The van der Waals surface area contributed by atoms with Gasteiger partial charge >= 0.3 is 6.09 Å². The lowest BCUT2D eigenvalue weighted by molar-refractivity contribution is -0.342. The summed E-state index contributed by atoms with van der Waals surface area (Å²) in [6.45, 7) is 2.07. The van der Waals surface area contributed by atoms with Crippen LogP contribution in [0.5, 0.6) is 0 Å². The number of ether oxygens (including phenoxy) is 5. The number of aliphatic hydroxyl groups is 1. The molecule has 0 saturated carbocycles. The van der Waals surface area contributed by atoms with Gasteiger partial charge in [0.15, 0.2) is 12.6 Å². The van der Waals surface area contributed by atoms with E-state index in [-0.39, 0.29) is 19.3 Å². The van der Waals surface area contributed by atoms with Crippen molar-refractivity contribution in [3.05, 3.63) is 108 Å². The van der Waals surface area contributed by atoms with Crippen molar-refractivity contribution in [1.82, 2.24) is 4.90 Å². The molecule has 9 heteroatoms. The molecule has 2 saturated heterocycles. The number of nitrogens with zero attached hydrogens (tertiary/aromatic N) is 1. The summed E-state index contributed by atoms with van der Waals surface area (Å²) in [6, 6.07) is 28.5. The molecule has 6 unspecified atom stereocenters. The Morgan fingerprint density at radius 1 is 0.860 bits per heavy atom. The zero-order valence-corrected chi connectivity index (χ0v) is 24.4. The number of hydrogen-bond acceptors (Lipinski definition) is 8. The fourth-order valence-electron chi connectivity index (χ4n) is 5.35. The predicted octanol–water partition coefficient (Wildman–Crippen LogP) is 4.93. The second-order valence-corrected chi connectivity index (χ2v) is 11.0. The van der Waals surface area contributed by atoms with Crippen LogP contribution in [0.2, 0.25) is 0 Å². The number of nitrogens with two attached hydrogens (primary N) is 1. The van der Waals surface area contributed by atoms with Crippen LogP contribution in [0.4, 0.5) is 4.79 Å². The minimum Gasteiger partial charge on any atom is -0.445 e. The van der Waals surface area contributed by atoms with Gasteiger partial charge in [0.1, 0.15) is 24.9 Å². The van der Waals surface area contributed by atoms with E-state index >= 15 is 0 Å². The van der Waals surface area contributed by atoms with E-state index in [4.69, 9.17) is 29.4 Å². The summed E-state index contributed by atoms with van der Waals surface area (Å²) < 4.78 is 29.5. The quantitative estimate of drug-likeness (QED) is 0.270. The van der Waals surface area contributed by atoms with E-state index < -0.39 is 36.9 Å². The van der Waals surface area contributed by atoms with Crippen LogP contribution in [0.25, 0.3) is 0 Å². The highest BCUT2D eigenvalue weighted by atomic mass is 16.7. The zero-order valence-electron chi connectivity index (χ0n) is 24.4. The van der Waals surface area contributed by atoms with Crippen molar-refractivity contribution < 1.29 is 33.6 Å². The van der Waals surface area contributed by atoms with E-state index in [1.54, 1.807) is 4.90 Å². The summed E-state index contributed by atoms with van der Waals surface area (Å²) in [5.41, 5.74) is 9.19. The van der Waals surface area contributed by atoms with Gasteiger partial charge in [-0.05, 0) is 24.0 Å². The number of carbonyl (C=O) groups is 1. The summed E-state index contributed by atoms with van der Waals surface area (Å²) >= 11 is 0. The first-order valence-electron chi connectivity index (χ1n) is 15.1. The highest BCUT2D eigenvalue weighted by Gasteiger charge is 2.48. The molecule has 0 aliphatic carbocycles. The molecule has 2 aliphatic rings. The summed E-state index contributed by atoms with van der Waals surface area (Å²) in [4.78, 5) is 14.7. The van der Waals surface area contributed by atoms with Crippen LogP contribution in [0.15, 0.2) is 91.0 Å². The summed E-state index contributed by atoms with van der Waals surface area (Å²) in [5, 5.41) is 10.9. The number of hydrogen-bond donors (Lipinski definition) is 2. The van der Waals surface area contributed by atoms with Crippen LogP contribution in [0.1, 0.15) is 48.7 Å². The minimum atomic E-state index is -0.934. The lowest BCUT2D eigenvalue weighted by Gasteiger charge is -2.46. The third-order valence-electron chi connectivity index (χ3n) is 7.77. The van der Waals surface area contributed by atoms with Crippen LogP contribution in [0.3, 0.4) is 0 Å². The smallest absolute Gasteiger partial charge is 0.410 e. The maximum absolute atomic E-state index is 12.9. The number of carbonyl (C=O) groups excluding carboxylic acids is 1. The third-order valence-corrected chi connectivity index (χ3v) is 7.77. The Balaban J connectivity index is 1.02. The molecule has 0 spiro atoms. The van der Waals surface area contributed by atoms with Crippen molar-refractivity contribution in [3.63, 3.8) is 0 Å². The molecule has 2 heterocycles. The molecule has 230 valence electrons. The number of rotatable bonds is 13. The van der Waals surface area contributed by atoms with Crippen molar-refractivity contribution in [2.45, 2.75) is 75.8 Å². The second kappa shape index (κ2) is 16.0. The maximum atomic E-state index is 12.9. The van der Waals surface area contributed by atoms with Crippen molar-refractivity contribution in [2.24, 2.45) is 5.73 Å². The molecular formula is C34H42N2O7. The molecule has 2 aliphatic heterocycles. The molecule has 3 aromatic carbocycles. The highest BCUT2D eigenvalue weighted by Crippen LogP contribution is 2.33. The molecule has 0 aromatic heterocycles. The molecule has 0 radical (unpaired) electrons. The van der Waals surface area contributed by atoms with Crippen LogP contribution in [0, 0.1) is 0 Å². The van der Waals surface area contributed by atoms with Gasteiger partial charge in [0, 0.05) is 25.3 Å². The molecule has 3 aromatic rings. The Hall–Kier alpha value is -3.31. The Bertz CT molecular complexity index is 1230. The number of fused-ring (bicyclic) bond motifs is 1. The van der Waals surface area contributed by atoms with Gasteiger partial charge in [0.25, 0.3) is 0 Å². The van der Waals surface area contributed by atoms with Crippen molar-refractivity contribution in [3.8, 4) is 0 Å². The monoisotopic (exact) mass is 590 g/mol. The first-order valence-corrected chi connectivity index (χ1v) is 15.1. The van der Waals surface area contributed by atoms with Gasteiger partial charge in [0.05, 0.1) is 12.6 Å². The van der Waals surface area contributed by atoms with Crippen molar-refractivity contribution in [1.29, 1.82) is 0 Å². The Labute approximate surface area is 253 Å². The molecule has 1 amide bonds. The Morgan fingerprint density at radius 2 is 1.51 bits per heavy atom. The SMILES string of the molecule is NC1C(OCCCCCCN(Cc2ccccc2)C(=O)OCc2ccccc2)OC2COC(c3ccccc3)OC2C1O. The molecule has 9 nitrogen and oxygen atoms in total. The van der Waals surface area contributed by atoms with E-state index in [9.17, 15) is 9.90 Å². The van der Waals surface area contributed by atoms with Gasteiger partial charge in [-0.2, -0.15) is 0 Å². The number of amides is 1. The number of benzene rings is 3. The molecule has 5 rings (SSSR count). The van der Waals surface area contributed by atoms with Gasteiger partial charge in [-0.15, -0.1) is 0 Å². The topological polar surface area (TPSA) is 113 Å². The molecule has 2 fully saturated rings. The normalized spacial score (nSPS) is 25.1. The average Bonchev–Trinajstić information content (AvgIpc) is 3.06. The van der Waals surface area contributed by atoms with E-state index in [1.165, 1.54) is 0 Å². The van der Waals surface area contributed by atoms with Crippen molar-refractivity contribution in [2.75, 3.05) is 19.8 Å². The van der Waals surface area contributed by atoms with Crippen molar-refractivity contribution >= 4 is 6.09 Å². The molecular weight excluding hydrogens is 548 g/mol. The average molecular weight is 591 g/mol. The van der Waals surface area contributed by atoms with Crippen LogP contribution < -0.4 is 5.73 Å². The third kappa shape index (κ3) is 8.86. The first kappa shape index (κ1) is 31.1. The largest absolute Gasteiger partial charge is 0.445 e. The van der Waals surface area contributed by atoms with Crippen LogP contribution in [-0.2, 0) is 36.8 Å². The van der Waals surface area contributed by atoms with E-state index in [0.29, 0.717) is 19.7 Å². The maximum Gasteiger partial charge on any atom is 0.410 e. The van der Waals surface area contributed by atoms with Gasteiger partial charge in [-0.1, -0.05) is 104 Å². The molecule has 0 bridgehead atoms. The van der Waals surface area contributed by atoms with E-state index in [1.807, 2.05) is 91.0 Å². The standard InChI is InChI=1S/C34H42N2O7/c35-29-30(37)31-28(24-40-32(43-31)27-18-10-5-11-19-27)42-33(29)39-21-13-2-1-12-20-36(22-25-14-6-3-7-15-25)34(38)41-23-26-16-8-4-9-17-26/h3-11,14-19,28-33,37H,1-2,12-13,20-24,35H2. The zero-order chi connectivity index (χ0) is 29.9. The fourth-order valence-corrected chi connectivity index (χ4v) is 5.35. The summed E-state index contributed by atoms with van der Waals surface area (Å²) in [7, 11) is 0. The second-order valence-electron chi connectivity index (χ2n) is 11.0. The van der Waals surface area contributed by atoms with Crippen LogP contribution >= 0.6 is 0 Å². The Kier molecular flexibility index (Phi) is 11.5. The van der Waals surface area contributed by atoms with Gasteiger partial charge in [-0.25, -0.2) is 4.79 Å². The van der Waals surface area contributed by atoms with Gasteiger partial charge < -0.3 is 39.4 Å². The van der Waals surface area contributed by atoms with E-state index in [2.05, 4.69) is 0 Å². The lowest BCUT2D eigenvalue weighted by Crippen LogP contribution is -2.65. The molecule has 3 N–H and O–H groups in total. The summed E-state index contributed by atoms with van der Waals surface area (Å²) in [6.07, 6.45) is -0.128. The predicted molar refractivity (Wildman–Crippen MR) is 161 cm³/mol. The minimum absolute atomic E-state index is 0.246. The van der Waals surface area contributed by atoms with Crippen LogP contribution in [-0.4, -0.2) is 66.5 Å². The number of unbranched alkanes of at least 4 members (excludes halogenated alkanes) is 3. The summed E-state index contributed by atoms with van der Waals surface area (Å²) in [5.74, 6) is 0. The molecule has 6 atom stereocenters. The fraction of sp³-hybridized carbons (Fsp3) is 0.441.